The number of nitrogens with zero attached hydrogens (tertiary/aromatic N) is 1. The summed E-state index contributed by atoms with van der Waals surface area (Å²) in [5, 5.41) is 11.3. The molecular formula is C20H21F2NO7. The van der Waals surface area contributed by atoms with Gasteiger partial charge in [-0.1, -0.05) is 18.2 Å². The van der Waals surface area contributed by atoms with Gasteiger partial charge < -0.3 is 18.9 Å². The van der Waals surface area contributed by atoms with Crippen molar-refractivity contribution in [1.82, 2.24) is 0 Å². The van der Waals surface area contributed by atoms with Crippen molar-refractivity contribution in [2.75, 3.05) is 13.7 Å². The minimum Gasteiger partial charge on any atom is -0.494 e. The molecule has 0 aromatic heterocycles. The Labute approximate surface area is 171 Å². The van der Waals surface area contributed by atoms with Gasteiger partial charge in [0.2, 0.25) is 0 Å². The largest absolute Gasteiger partial charge is 0.494 e. The topological polar surface area (TPSA) is 97.1 Å². The fourth-order valence-electron chi connectivity index (χ4n) is 2.70. The zero-order valence-electron chi connectivity index (χ0n) is 16.4. The van der Waals surface area contributed by atoms with E-state index in [1.165, 1.54) is 7.11 Å². The zero-order valence-corrected chi connectivity index (χ0v) is 16.4. The molecule has 0 fully saturated rings. The Morgan fingerprint density at radius 2 is 1.87 bits per heavy atom. The number of aryl methyl sites for hydroxylation is 1. The minimum absolute atomic E-state index is 0.0125. The van der Waals surface area contributed by atoms with E-state index in [1.807, 2.05) is 25.1 Å². The molecule has 0 atom stereocenters. The van der Waals surface area contributed by atoms with Crippen molar-refractivity contribution >= 4 is 11.7 Å². The third kappa shape index (κ3) is 6.29. The molecule has 8 nitrogen and oxygen atoms in total. The summed E-state index contributed by atoms with van der Waals surface area (Å²) in [5.74, 6) is -0.537. The Balaban J connectivity index is 2.07. The van der Waals surface area contributed by atoms with Crippen LogP contribution in [0.1, 0.15) is 24.5 Å². The molecule has 0 heterocycles. The van der Waals surface area contributed by atoms with Crippen molar-refractivity contribution in [1.29, 1.82) is 0 Å². The van der Waals surface area contributed by atoms with Crippen molar-refractivity contribution in [2.45, 2.75) is 33.0 Å². The van der Waals surface area contributed by atoms with E-state index in [4.69, 9.17) is 14.2 Å². The van der Waals surface area contributed by atoms with Crippen LogP contribution < -0.4 is 14.2 Å². The quantitative estimate of drug-likeness (QED) is 0.301. The molecule has 0 N–H and O–H groups in total. The highest BCUT2D eigenvalue weighted by molar-refractivity contribution is 5.70. The lowest BCUT2D eigenvalue weighted by atomic mass is 10.1. The Hall–Kier alpha value is -3.43. The number of esters is 1. The number of halogens is 2. The van der Waals surface area contributed by atoms with Crippen LogP contribution in [0.4, 0.5) is 14.5 Å². The van der Waals surface area contributed by atoms with E-state index in [0.29, 0.717) is 18.8 Å². The molecule has 0 unspecified atom stereocenters. The van der Waals surface area contributed by atoms with Gasteiger partial charge in [0.05, 0.1) is 30.3 Å². The maximum atomic E-state index is 12.5. The van der Waals surface area contributed by atoms with Crippen LogP contribution in [-0.4, -0.2) is 31.2 Å². The smallest absolute Gasteiger partial charge is 0.387 e. The summed E-state index contributed by atoms with van der Waals surface area (Å²) in [6.45, 7) is -1.27. The van der Waals surface area contributed by atoms with Crippen LogP contribution >= 0.6 is 0 Å². The average Bonchev–Trinajstić information content (AvgIpc) is 2.71. The molecule has 0 amide bonds. The lowest BCUT2D eigenvalue weighted by molar-refractivity contribution is -0.386. The van der Waals surface area contributed by atoms with Crippen molar-refractivity contribution in [3.05, 3.63) is 57.6 Å². The van der Waals surface area contributed by atoms with Crippen LogP contribution in [-0.2, 0) is 22.6 Å². The first-order valence-corrected chi connectivity index (χ1v) is 9.02. The van der Waals surface area contributed by atoms with Gasteiger partial charge in [-0.3, -0.25) is 14.9 Å². The molecule has 30 heavy (non-hydrogen) atoms. The van der Waals surface area contributed by atoms with Crippen molar-refractivity contribution in [2.24, 2.45) is 0 Å². The minimum atomic E-state index is -3.18. The average molecular weight is 425 g/mol. The van der Waals surface area contributed by atoms with Crippen molar-refractivity contribution in [3.8, 4) is 17.2 Å². The van der Waals surface area contributed by atoms with Gasteiger partial charge in [-0.25, -0.2) is 0 Å². The van der Waals surface area contributed by atoms with Crippen molar-refractivity contribution < 1.29 is 37.4 Å². The summed E-state index contributed by atoms with van der Waals surface area (Å²) in [5.41, 5.74) is 0.292. The van der Waals surface area contributed by atoms with Gasteiger partial charge in [0, 0.05) is 6.42 Å². The maximum Gasteiger partial charge on any atom is 0.387 e. The highest BCUT2D eigenvalue weighted by atomic mass is 19.3. The number of nitro benzene ring substituents is 1. The second-order valence-electron chi connectivity index (χ2n) is 5.97. The summed E-state index contributed by atoms with van der Waals surface area (Å²) in [7, 11) is 1.20. The number of benzene rings is 2. The number of hydrogen-bond donors (Lipinski definition) is 0. The van der Waals surface area contributed by atoms with E-state index in [0.717, 1.165) is 17.7 Å². The summed E-state index contributed by atoms with van der Waals surface area (Å²) < 4.78 is 44.8. The van der Waals surface area contributed by atoms with Gasteiger partial charge >= 0.3 is 12.6 Å². The van der Waals surface area contributed by atoms with Crippen molar-refractivity contribution in [3.63, 3.8) is 0 Å². The summed E-state index contributed by atoms with van der Waals surface area (Å²) in [4.78, 5) is 22.6. The molecule has 10 heteroatoms. The molecule has 2 rings (SSSR count). The van der Waals surface area contributed by atoms with E-state index < -0.39 is 35.5 Å². The van der Waals surface area contributed by atoms with Crippen LogP contribution in [0, 0.1) is 10.1 Å². The molecule has 2 aromatic carbocycles. The summed E-state index contributed by atoms with van der Waals surface area (Å²) in [6.07, 6.45) is 0.392. The number of nitro groups is 1. The molecule has 2 aromatic rings. The van der Waals surface area contributed by atoms with Gasteiger partial charge in [-0.15, -0.1) is 0 Å². The van der Waals surface area contributed by atoms with Crippen LogP contribution in [0.3, 0.4) is 0 Å². The number of hydrogen-bond acceptors (Lipinski definition) is 7. The first kappa shape index (κ1) is 22.9. The predicted molar refractivity (Wildman–Crippen MR) is 102 cm³/mol. The molecule has 0 saturated carbocycles. The third-order valence-corrected chi connectivity index (χ3v) is 4.04. The van der Waals surface area contributed by atoms with E-state index >= 15 is 0 Å². The van der Waals surface area contributed by atoms with Crippen LogP contribution in [0.5, 0.6) is 17.2 Å². The lowest BCUT2D eigenvalue weighted by Crippen LogP contribution is -2.09. The molecular weight excluding hydrogens is 404 g/mol. The molecule has 0 bridgehead atoms. The normalized spacial score (nSPS) is 10.6. The number of rotatable bonds is 11. The fourth-order valence-corrected chi connectivity index (χ4v) is 2.70. The SMILES string of the molecule is CCOc1ccccc1CCC(=O)OCc1cc(OC)c(OC(F)F)cc1[N+](=O)[O-]. The Morgan fingerprint density at radius 1 is 1.13 bits per heavy atom. The summed E-state index contributed by atoms with van der Waals surface area (Å²) >= 11 is 0. The van der Waals surface area contributed by atoms with E-state index in [1.54, 1.807) is 6.07 Å². The Kier molecular flexibility index (Phi) is 8.33. The van der Waals surface area contributed by atoms with E-state index in [-0.39, 0.29) is 17.7 Å². The molecule has 0 spiro atoms. The van der Waals surface area contributed by atoms with Crippen LogP contribution in [0.2, 0.25) is 0 Å². The second kappa shape index (κ2) is 10.9. The van der Waals surface area contributed by atoms with Gasteiger partial charge in [0.15, 0.2) is 11.5 Å². The molecule has 0 radical (unpaired) electrons. The zero-order chi connectivity index (χ0) is 22.1. The van der Waals surface area contributed by atoms with Gasteiger partial charge in [-0.2, -0.15) is 8.78 Å². The number of para-hydroxylation sites is 1. The Bertz CT molecular complexity index is 889. The maximum absolute atomic E-state index is 12.5. The summed E-state index contributed by atoms with van der Waals surface area (Å²) in [6, 6.07) is 9.21. The number of carbonyl (C=O) groups excluding carboxylic acids is 1. The van der Waals surface area contributed by atoms with E-state index in [9.17, 15) is 23.7 Å². The number of alkyl halides is 2. The van der Waals surface area contributed by atoms with Crippen LogP contribution in [0.15, 0.2) is 36.4 Å². The van der Waals surface area contributed by atoms with Gasteiger partial charge in [-0.05, 0) is 31.0 Å². The Morgan fingerprint density at radius 3 is 2.50 bits per heavy atom. The lowest BCUT2D eigenvalue weighted by Gasteiger charge is -2.13. The van der Waals surface area contributed by atoms with Crippen LogP contribution in [0.25, 0.3) is 0 Å². The van der Waals surface area contributed by atoms with Gasteiger partial charge in [0.1, 0.15) is 12.4 Å². The standard InChI is InChI=1S/C20H21F2NO7/c1-3-28-16-7-5-4-6-13(16)8-9-19(24)29-12-14-10-17(27-2)18(30-20(21)22)11-15(14)23(25)26/h4-7,10-11,20H,3,8-9,12H2,1-2H3. The highest BCUT2D eigenvalue weighted by Crippen LogP contribution is 2.36. The number of ether oxygens (including phenoxy) is 4. The second-order valence-corrected chi connectivity index (χ2v) is 5.97. The third-order valence-electron chi connectivity index (χ3n) is 4.04. The fraction of sp³-hybridized carbons (Fsp3) is 0.350. The first-order valence-electron chi connectivity index (χ1n) is 9.02. The molecule has 0 aliphatic heterocycles. The molecule has 162 valence electrons. The van der Waals surface area contributed by atoms with E-state index in [2.05, 4.69) is 4.74 Å². The molecule has 0 aliphatic rings. The monoisotopic (exact) mass is 425 g/mol. The number of carbonyl (C=O) groups is 1. The molecule has 0 saturated heterocycles. The highest BCUT2D eigenvalue weighted by Gasteiger charge is 2.22. The van der Waals surface area contributed by atoms with Gasteiger partial charge in [0.25, 0.3) is 5.69 Å². The first-order chi connectivity index (χ1) is 14.3. The predicted octanol–water partition coefficient (Wildman–Crippen LogP) is 4.28. The number of methoxy groups -OCH3 is 1. The molecule has 0 aliphatic carbocycles.